The highest BCUT2D eigenvalue weighted by molar-refractivity contribution is 9.10. The molecule has 3 aromatic rings. The number of halogens is 1. The van der Waals surface area contributed by atoms with Gasteiger partial charge in [-0.05, 0) is 64.9 Å². The molecule has 0 unspecified atom stereocenters. The van der Waals surface area contributed by atoms with E-state index in [1.807, 2.05) is 36.4 Å². The van der Waals surface area contributed by atoms with Crippen molar-refractivity contribution in [3.63, 3.8) is 0 Å². The van der Waals surface area contributed by atoms with Crippen LogP contribution in [-0.4, -0.2) is 34.0 Å². The molecule has 1 aliphatic heterocycles. The topological polar surface area (TPSA) is 66.8 Å². The summed E-state index contributed by atoms with van der Waals surface area (Å²) in [4.78, 5) is 26.5. The first-order valence-corrected chi connectivity index (χ1v) is 13.4. The number of carbonyl (C=O) groups excluding carboxylic acids is 1. The lowest BCUT2D eigenvalue weighted by Gasteiger charge is -2.24. The van der Waals surface area contributed by atoms with Crippen molar-refractivity contribution in [3.05, 3.63) is 99.0 Å². The van der Waals surface area contributed by atoms with E-state index in [1.165, 1.54) is 11.1 Å². The van der Waals surface area contributed by atoms with Crippen molar-refractivity contribution in [2.75, 3.05) is 6.54 Å². The van der Waals surface area contributed by atoms with E-state index >= 15 is 0 Å². The van der Waals surface area contributed by atoms with Crippen molar-refractivity contribution in [1.82, 2.24) is 4.90 Å². The number of hydrogen-bond acceptors (Lipinski definition) is 3. The molecule has 0 fully saturated rings. The van der Waals surface area contributed by atoms with Crippen LogP contribution in [0.3, 0.4) is 0 Å². The first-order valence-electron chi connectivity index (χ1n) is 12.6. The molecule has 0 bridgehead atoms. The Morgan fingerprint density at radius 2 is 1.65 bits per heavy atom. The number of benzene rings is 3. The molecule has 0 spiro atoms. The largest absolute Gasteiger partial charge is 0.487 e. The van der Waals surface area contributed by atoms with Crippen LogP contribution in [0.2, 0.25) is 0 Å². The Kier molecular flexibility index (Phi) is 7.79. The third-order valence-electron chi connectivity index (χ3n) is 6.80. The SMILES string of the molecule is CC(C)(C)c1ccc(CN(CCC(=O)O)C(=O)c2ccc3c(c2)C[C@](C)(Cc2ccc(Br)cc2)O3)cc1. The Labute approximate surface area is 227 Å². The van der Waals surface area contributed by atoms with E-state index in [0.717, 1.165) is 27.8 Å². The highest BCUT2D eigenvalue weighted by Gasteiger charge is 2.35. The van der Waals surface area contributed by atoms with Crippen LogP contribution in [-0.2, 0) is 29.6 Å². The second kappa shape index (κ2) is 10.7. The molecule has 1 atom stereocenters. The molecule has 37 heavy (non-hydrogen) atoms. The lowest BCUT2D eigenvalue weighted by molar-refractivity contribution is -0.137. The van der Waals surface area contributed by atoms with E-state index in [1.54, 1.807) is 11.0 Å². The Morgan fingerprint density at radius 3 is 2.27 bits per heavy atom. The van der Waals surface area contributed by atoms with E-state index in [2.05, 4.69) is 67.9 Å². The molecule has 1 N–H and O–H groups in total. The normalized spacial score (nSPS) is 16.7. The van der Waals surface area contributed by atoms with Crippen LogP contribution in [0.25, 0.3) is 0 Å². The van der Waals surface area contributed by atoms with Gasteiger partial charge >= 0.3 is 5.97 Å². The number of amides is 1. The zero-order chi connectivity index (χ0) is 26.8. The minimum atomic E-state index is -0.924. The Balaban J connectivity index is 1.51. The fraction of sp³-hybridized carbons (Fsp3) is 0.355. The fourth-order valence-electron chi connectivity index (χ4n) is 4.78. The second-order valence-electron chi connectivity index (χ2n) is 11.2. The van der Waals surface area contributed by atoms with E-state index in [9.17, 15) is 14.7 Å². The molecule has 5 nitrogen and oxygen atoms in total. The second-order valence-corrected chi connectivity index (χ2v) is 12.1. The predicted octanol–water partition coefficient (Wildman–Crippen LogP) is 6.80. The Morgan fingerprint density at radius 1 is 1.00 bits per heavy atom. The third kappa shape index (κ3) is 6.80. The number of carboxylic acid groups (broad SMARTS) is 1. The van der Waals surface area contributed by atoms with Gasteiger partial charge in [0.25, 0.3) is 5.91 Å². The van der Waals surface area contributed by atoms with Gasteiger partial charge < -0.3 is 14.7 Å². The summed E-state index contributed by atoms with van der Waals surface area (Å²) < 4.78 is 7.36. The van der Waals surface area contributed by atoms with Gasteiger partial charge in [-0.25, -0.2) is 0 Å². The summed E-state index contributed by atoms with van der Waals surface area (Å²) in [6, 6.07) is 22.0. The maximum Gasteiger partial charge on any atom is 0.305 e. The average molecular weight is 565 g/mol. The minimum Gasteiger partial charge on any atom is -0.487 e. The number of aliphatic carboxylic acids is 1. The van der Waals surface area contributed by atoms with Gasteiger partial charge in [0.1, 0.15) is 11.4 Å². The van der Waals surface area contributed by atoms with Gasteiger partial charge in [0.2, 0.25) is 0 Å². The van der Waals surface area contributed by atoms with Crippen molar-refractivity contribution >= 4 is 27.8 Å². The number of hydrogen-bond donors (Lipinski definition) is 1. The van der Waals surface area contributed by atoms with Gasteiger partial charge in [0.05, 0.1) is 6.42 Å². The maximum atomic E-state index is 13.6. The molecule has 0 aliphatic carbocycles. The van der Waals surface area contributed by atoms with Gasteiger partial charge in [0.15, 0.2) is 0 Å². The zero-order valence-corrected chi connectivity index (χ0v) is 23.5. The van der Waals surface area contributed by atoms with Gasteiger partial charge in [-0.1, -0.05) is 73.1 Å². The summed E-state index contributed by atoms with van der Waals surface area (Å²) in [7, 11) is 0. The maximum absolute atomic E-state index is 13.6. The van der Waals surface area contributed by atoms with Gasteiger partial charge in [-0.15, -0.1) is 0 Å². The number of ether oxygens (including phenoxy) is 1. The monoisotopic (exact) mass is 563 g/mol. The van der Waals surface area contributed by atoms with Gasteiger partial charge in [-0.2, -0.15) is 0 Å². The van der Waals surface area contributed by atoms with Gasteiger partial charge in [-0.3, -0.25) is 9.59 Å². The highest BCUT2D eigenvalue weighted by atomic mass is 79.9. The van der Waals surface area contributed by atoms with Crippen molar-refractivity contribution in [1.29, 1.82) is 0 Å². The number of carboxylic acids is 1. The van der Waals surface area contributed by atoms with E-state index < -0.39 is 11.6 Å². The summed E-state index contributed by atoms with van der Waals surface area (Å²) in [5.74, 6) is -0.302. The lowest BCUT2D eigenvalue weighted by Crippen LogP contribution is -2.33. The number of fused-ring (bicyclic) bond motifs is 1. The predicted molar refractivity (Wildman–Crippen MR) is 149 cm³/mol. The van der Waals surface area contributed by atoms with Crippen LogP contribution in [0.4, 0.5) is 0 Å². The zero-order valence-electron chi connectivity index (χ0n) is 21.9. The van der Waals surface area contributed by atoms with Crippen molar-refractivity contribution in [2.45, 2.75) is 64.5 Å². The average Bonchev–Trinajstić information content (AvgIpc) is 3.17. The standard InChI is InChI=1S/C31H34BrNO4/c1-30(2,3)25-10-5-22(6-11-25)20-33(16-15-28(34)35)29(36)23-9-14-27-24(17-23)19-31(4,37-27)18-21-7-12-26(32)13-8-21/h5-14,17H,15-16,18-20H2,1-4H3,(H,34,35)/t31-/m0/s1. The molecule has 0 radical (unpaired) electrons. The van der Waals surface area contributed by atoms with E-state index in [0.29, 0.717) is 18.5 Å². The lowest BCUT2D eigenvalue weighted by atomic mass is 9.87. The summed E-state index contributed by atoms with van der Waals surface area (Å²) in [5.41, 5.74) is 4.56. The van der Waals surface area contributed by atoms with Crippen LogP contribution in [0.5, 0.6) is 5.75 Å². The molecule has 0 saturated heterocycles. The summed E-state index contributed by atoms with van der Waals surface area (Å²) in [5, 5.41) is 9.27. The number of rotatable bonds is 8. The Bertz CT molecular complexity index is 1280. The molecule has 4 rings (SSSR count). The third-order valence-corrected chi connectivity index (χ3v) is 7.32. The molecule has 1 heterocycles. The molecule has 0 aromatic heterocycles. The molecule has 6 heteroatoms. The highest BCUT2D eigenvalue weighted by Crippen LogP contribution is 2.38. The van der Waals surface area contributed by atoms with Crippen molar-refractivity contribution < 1.29 is 19.4 Å². The van der Waals surface area contributed by atoms with E-state index in [4.69, 9.17) is 4.74 Å². The van der Waals surface area contributed by atoms with Gasteiger partial charge in [0, 0.05) is 36.0 Å². The molecule has 3 aromatic carbocycles. The van der Waals surface area contributed by atoms with Crippen LogP contribution in [0.1, 0.15) is 66.7 Å². The Hall–Kier alpha value is -3.12. The molecule has 1 aliphatic rings. The van der Waals surface area contributed by atoms with E-state index in [-0.39, 0.29) is 24.3 Å². The van der Waals surface area contributed by atoms with Crippen LogP contribution >= 0.6 is 15.9 Å². The molecular weight excluding hydrogens is 530 g/mol. The molecular formula is C31H34BrNO4. The molecule has 1 amide bonds. The van der Waals surface area contributed by atoms with Crippen molar-refractivity contribution in [3.8, 4) is 5.75 Å². The minimum absolute atomic E-state index is 0.0374. The quantitative estimate of drug-likeness (QED) is 0.327. The fourth-order valence-corrected chi connectivity index (χ4v) is 5.05. The molecule has 194 valence electrons. The molecule has 0 saturated carbocycles. The first-order chi connectivity index (χ1) is 17.4. The number of nitrogens with zero attached hydrogens (tertiary/aromatic N) is 1. The summed E-state index contributed by atoms with van der Waals surface area (Å²) in [6.45, 7) is 9.07. The number of carbonyl (C=O) groups is 2. The van der Waals surface area contributed by atoms with Crippen LogP contribution in [0.15, 0.2) is 71.2 Å². The van der Waals surface area contributed by atoms with Crippen LogP contribution in [0, 0.1) is 0 Å². The summed E-state index contributed by atoms with van der Waals surface area (Å²) in [6.07, 6.45) is 1.35. The van der Waals surface area contributed by atoms with Crippen LogP contribution < -0.4 is 4.74 Å². The summed E-state index contributed by atoms with van der Waals surface area (Å²) >= 11 is 3.48. The smallest absolute Gasteiger partial charge is 0.305 e. The first kappa shape index (κ1) is 26.9. The van der Waals surface area contributed by atoms with Crippen molar-refractivity contribution in [2.24, 2.45) is 0 Å².